The third-order valence-electron chi connectivity index (χ3n) is 3.62. The molecule has 1 rings (SSSR count). The van der Waals surface area contributed by atoms with Crippen LogP contribution >= 0.6 is 0 Å². The summed E-state index contributed by atoms with van der Waals surface area (Å²) < 4.78 is 11.6. The van der Waals surface area contributed by atoms with Gasteiger partial charge in [0.2, 0.25) is 0 Å². The van der Waals surface area contributed by atoms with Crippen LogP contribution in [0, 0.1) is 0 Å². The van der Waals surface area contributed by atoms with Gasteiger partial charge in [-0.3, -0.25) is 0 Å². The van der Waals surface area contributed by atoms with Crippen molar-refractivity contribution < 1.29 is 9.47 Å². The van der Waals surface area contributed by atoms with Crippen LogP contribution < -0.4 is 14.8 Å². The van der Waals surface area contributed by atoms with Crippen molar-refractivity contribution in [3.63, 3.8) is 0 Å². The first kappa shape index (κ1) is 16.8. The second kappa shape index (κ2) is 8.85. The molecule has 0 saturated heterocycles. The highest BCUT2D eigenvalue weighted by Gasteiger charge is 2.15. The molecule has 0 bridgehead atoms. The smallest absolute Gasteiger partial charge is 0.161 e. The molecule has 0 aliphatic rings. The van der Waals surface area contributed by atoms with Gasteiger partial charge in [-0.05, 0) is 50.4 Å². The lowest BCUT2D eigenvalue weighted by Crippen LogP contribution is -2.27. The van der Waals surface area contributed by atoms with Gasteiger partial charge in [0.1, 0.15) is 0 Å². The van der Waals surface area contributed by atoms with Crippen molar-refractivity contribution in [3.05, 3.63) is 23.8 Å². The number of hydrogen-bond acceptors (Lipinski definition) is 3. The number of benzene rings is 1. The molecule has 0 radical (unpaired) electrons. The van der Waals surface area contributed by atoms with Crippen LogP contribution in [0.1, 0.15) is 52.0 Å². The number of ether oxygens (including phenoxy) is 2. The van der Waals surface area contributed by atoms with E-state index in [1.807, 2.05) is 13.1 Å². The van der Waals surface area contributed by atoms with Crippen LogP contribution in [-0.4, -0.2) is 26.3 Å². The molecule has 3 heteroatoms. The molecule has 20 heavy (non-hydrogen) atoms. The van der Waals surface area contributed by atoms with E-state index in [0.717, 1.165) is 37.6 Å². The fraction of sp³-hybridized carbons (Fsp3) is 0.647. The fourth-order valence-electron chi connectivity index (χ4n) is 2.00. The maximum absolute atomic E-state index is 5.84. The highest BCUT2D eigenvalue weighted by atomic mass is 16.5. The Morgan fingerprint density at radius 3 is 2.15 bits per heavy atom. The zero-order valence-corrected chi connectivity index (χ0v) is 13.5. The fourth-order valence-corrected chi connectivity index (χ4v) is 2.00. The van der Waals surface area contributed by atoms with E-state index in [-0.39, 0.29) is 0 Å². The molecule has 0 heterocycles. The normalized spacial score (nSPS) is 13.8. The number of hydrogen-bond donors (Lipinski definition) is 1. The molecule has 0 amide bonds. The van der Waals surface area contributed by atoms with Crippen LogP contribution in [0.2, 0.25) is 0 Å². The van der Waals surface area contributed by atoms with E-state index in [9.17, 15) is 0 Å². The largest absolute Gasteiger partial charge is 0.490 e. The van der Waals surface area contributed by atoms with Gasteiger partial charge in [0.25, 0.3) is 0 Å². The van der Waals surface area contributed by atoms with Crippen molar-refractivity contribution in [2.75, 3.05) is 20.3 Å². The van der Waals surface area contributed by atoms with E-state index < -0.39 is 0 Å². The van der Waals surface area contributed by atoms with Gasteiger partial charge in [-0.25, -0.2) is 0 Å². The maximum atomic E-state index is 5.84. The lowest BCUT2D eigenvalue weighted by atomic mass is 9.94. The number of nitrogens with one attached hydrogen (secondary N) is 1. The molecule has 0 spiro atoms. The zero-order chi connectivity index (χ0) is 15.0. The molecule has 1 N–H and O–H groups in total. The molecule has 1 aromatic carbocycles. The molecular weight excluding hydrogens is 250 g/mol. The highest BCUT2D eigenvalue weighted by molar-refractivity contribution is 5.44. The molecule has 114 valence electrons. The molecule has 0 saturated carbocycles. The van der Waals surface area contributed by atoms with Crippen LogP contribution in [0.25, 0.3) is 0 Å². The van der Waals surface area contributed by atoms with Crippen molar-refractivity contribution >= 4 is 0 Å². The summed E-state index contributed by atoms with van der Waals surface area (Å²) in [5.41, 5.74) is 1.28. The number of rotatable bonds is 9. The third-order valence-corrected chi connectivity index (χ3v) is 3.62. The van der Waals surface area contributed by atoms with Gasteiger partial charge in [0.05, 0.1) is 13.2 Å². The molecule has 2 atom stereocenters. The van der Waals surface area contributed by atoms with Gasteiger partial charge < -0.3 is 14.8 Å². The van der Waals surface area contributed by atoms with E-state index in [1.165, 1.54) is 5.56 Å². The first-order chi connectivity index (χ1) is 9.63. The lowest BCUT2D eigenvalue weighted by molar-refractivity contribution is 0.268. The Kier molecular flexibility index (Phi) is 7.45. The molecular formula is C17H29NO2. The van der Waals surface area contributed by atoms with Gasteiger partial charge >= 0.3 is 0 Å². The minimum atomic E-state index is 0.427. The monoisotopic (exact) mass is 279 g/mol. The van der Waals surface area contributed by atoms with Crippen LogP contribution in [0.4, 0.5) is 0 Å². The van der Waals surface area contributed by atoms with E-state index in [1.54, 1.807) is 0 Å². The van der Waals surface area contributed by atoms with E-state index in [4.69, 9.17) is 9.47 Å². The predicted molar refractivity (Wildman–Crippen MR) is 85.0 cm³/mol. The predicted octanol–water partition coefficient (Wildman–Crippen LogP) is 3.98. The Labute approximate surface area is 123 Å². The summed E-state index contributed by atoms with van der Waals surface area (Å²) in [6.07, 6.45) is 2.00. The Bertz CT molecular complexity index is 393. The van der Waals surface area contributed by atoms with E-state index >= 15 is 0 Å². The lowest BCUT2D eigenvalue weighted by Gasteiger charge is -2.21. The molecule has 3 nitrogen and oxygen atoms in total. The Hall–Kier alpha value is -1.22. The summed E-state index contributed by atoms with van der Waals surface area (Å²) >= 11 is 0. The van der Waals surface area contributed by atoms with Crippen molar-refractivity contribution in [2.24, 2.45) is 0 Å². The molecule has 1 aromatic rings. The van der Waals surface area contributed by atoms with Crippen LogP contribution in [0.15, 0.2) is 18.2 Å². The summed E-state index contributed by atoms with van der Waals surface area (Å²) in [6.45, 7) is 10.1. The Balaban J connectivity index is 2.93. The van der Waals surface area contributed by atoms with Crippen LogP contribution in [-0.2, 0) is 0 Å². The van der Waals surface area contributed by atoms with E-state index in [0.29, 0.717) is 12.0 Å². The van der Waals surface area contributed by atoms with Gasteiger partial charge in [-0.2, -0.15) is 0 Å². The van der Waals surface area contributed by atoms with Gasteiger partial charge in [-0.1, -0.05) is 26.8 Å². The topological polar surface area (TPSA) is 30.5 Å². The average molecular weight is 279 g/mol. The first-order valence-corrected chi connectivity index (χ1v) is 7.70. The Morgan fingerprint density at radius 1 is 1.00 bits per heavy atom. The van der Waals surface area contributed by atoms with Gasteiger partial charge in [0, 0.05) is 6.04 Å². The average Bonchev–Trinajstić information content (AvgIpc) is 2.49. The summed E-state index contributed by atoms with van der Waals surface area (Å²) in [5.74, 6) is 2.16. The summed E-state index contributed by atoms with van der Waals surface area (Å²) in [6, 6.07) is 6.73. The molecule has 0 aliphatic heterocycles. The van der Waals surface area contributed by atoms with Crippen molar-refractivity contribution in [1.82, 2.24) is 5.32 Å². The maximum Gasteiger partial charge on any atom is 0.161 e. The van der Waals surface area contributed by atoms with Crippen LogP contribution in [0.3, 0.4) is 0 Å². The quantitative estimate of drug-likeness (QED) is 0.742. The SMILES string of the molecule is CCCOc1ccc(C(C)C(C)NC)cc1OCCC. The van der Waals surface area contributed by atoms with Crippen molar-refractivity contribution in [1.29, 1.82) is 0 Å². The van der Waals surface area contributed by atoms with Crippen molar-refractivity contribution in [3.8, 4) is 11.5 Å². The van der Waals surface area contributed by atoms with E-state index in [2.05, 4.69) is 45.1 Å². The minimum absolute atomic E-state index is 0.427. The third kappa shape index (κ3) is 4.71. The molecule has 0 aliphatic carbocycles. The first-order valence-electron chi connectivity index (χ1n) is 7.70. The summed E-state index contributed by atoms with van der Waals surface area (Å²) in [4.78, 5) is 0. The summed E-state index contributed by atoms with van der Waals surface area (Å²) in [5, 5.41) is 3.30. The Morgan fingerprint density at radius 2 is 1.60 bits per heavy atom. The standard InChI is InChI=1S/C17H29NO2/c1-6-10-19-16-9-8-15(13(3)14(4)18-5)12-17(16)20-11-7-2/h8-9,12-14,18H,6-7,10-11H2,1-5H3. The molecule has 2 unspecified atom stereocenters. The van der Waals surface area contributed by atoms with Crippen molar-refractivity contribution in [2.45, 2.75) is 52.5 Å². The van der Waals surface area contributed by atoms with Crippen LogP contribution in [0.5, 0.6) is 11.5 Å². The highest BCUT2D eigenvalue weighted by Crippen LogP contribution is 2.32. The second-order valence-corrected chi connectivity index (χ2v) is 5.27. The number of likely N-dealkylation sites (N-methyl/N-ethyl adjacent to an activating group) is 1. The zero-order valence-electron chi connectivity index (χ0n) is 13.5. The van der Waals surface area contributed by atoms with Gasteiger partial charge in [0.15, 0.2) is 11.5 Å². The molecule has 0 aromatic heterocycles. The van der Waals surface area contributed by atoms with Gasteiger partial charge in [-0.15, -0.1) is 0 Å². The second-order valence-electron chi connectivity index (χ2n) is 5.27. The molecule has 0 fully saturated rings. The summed E-state index contributed by atoms with van der Waals surface area (Å²) in [7, 11) is 1.99. The minimum Gasteiger partial charge on any atom is -0.490 e.